The second-order valence-corrected chi connectivity index (χ2v) is 6.00. The average molecular weight is 306 g/mol. The summed E-state index contributed by atoms with van der Waals surface area (Å²) in [7, 11) is 0. The van der Waals surface area contributed by atoms with E-state index in [-0.39, 0.29) is 5.91 Å². The zero-order valence-corrected chi connectivity index (χ0v) is 13.4. The summed E-state index contributed by atoms with van der Waals surface area (Å²) >= 11 is 5.12. The normalized spacial score (nSPS) is 15.8. The molecule has 21 heavy (non-hydrogen) atoms. The minimum absolute atomic E-state index is 0.0357. The van der Waals surface area contributed by atoms with E-state index in [1.54, 1.807) is 6.92 Å². The Morgan fingerprint density at radius 3 is 2.71 bits per heavy atom. The largest absolute Gasteiger partial charge is 0.389 e. The van der Waals surface area contributed by atoms with E-state index in [0.717, 1.165) is 49.6 Å². The number of piperidine rings is 1. The molecule has 2 rings (SSSR count). The molecule has 114 valence electrons. The predicted octanol–water partition coefficient (Wildman–Crippen LogP) is 1.38. The van der Waals surface area contributed by atoms with Gasteiger partial charge in [-0.25, -0.2) is 4.98 Å². The van der Waals surface area contributed by atoms with Gasteiger partial charge in [0.1, 0.15) is 10.8 Å². The summed E-state index contributed by atoms with van der Waals surface area (Å²) in [4.78, 5) is 18.2. The SMILES string of the molecule is CC(=O)NCC1CCN(c2nc(C)ccc2C(N)=S)CC1. The van der Waals surface area contributed by atoms with Gasteiger partial charge in [-0.15, -0.1) is 0 Å². The third-order valence-corrected chi connectivity index (χ3v) is 4.05. The standard InChI is InChI=1S/C15H22N4OS/c1-10-3-4-13(14(16)21)15(18-10)19-7-5-12(6-8-19)9-17-11(2)20/h3-4,12H,5-9H2,1-2H3,(H2,16,21)(H,17,20). The molecule has 0 aromatic carbocycles. The fourth-order valence-electron chi connectivity index (χ4n) is 2.61. The van der Waals surface area contributed by atoms with E-state index in [1.807, 2.05) is 19.1 Å². The van der Waals surface area contributed by atoms with Gasteiger partial charge in [-0.05, 0) is 37.8 Å². The predicted molar refractivity (Wildman–Crippen MR) is 88.5 cm³/mol. The summed E-state index contributed by atoms with van der Waals surface area (Å²) in [6.45, 7) is 6.11. The minimum Gasteiger partial charge on any atom is -0.389 e. The van der Waals surface area contributed by atoms with Crippen LogP contribution in [0.3, 0.4) is 0 Å². The molecule has 3 N–H and O–H groups in total. The molecule has 1 aromatic heterocycles. The Bertz CT molecular complexity index is 538. The second-order valence-electron chi connectivity index (χ2n) is 5.56. The number of nitrogens with two attached hydrogens (primary N) is 1. The highest BCUT2D eigenvalue weighted by molar-refractivity contribution is 7.80. The van der Waals surface area contributed by atoms with Gasteiger partial charge < -0.3 is 16.0 Å². The second kappa shape index (κ2) is 6.85. The molecule has 2 heterocycles. The number of pyridine rings is 1. The van der Waals surface area contributed by atoms with E-state index < -0.39 is 0 Å². The van der Waals surface area contributed by atoms with Crippen LogP contribution < -0.4 is 16.0 Å². The van der Waals surface area contributed by atoms with Crippen LogP contribution in [0.25, 0.3) is 0 Å². The lowest BCUT2D eigenvalue weighted by Gasteiger charge is -2.34. The lowest BCUT2D eigenvalue weighted by Crippen LogP contribution is -2.39. The van der Waals surface area contributed by atoms with Crippen LogP contribution in [0, 0.1) is 12.8 Å². The molecule has 6 heteroatoms. The minimum atomic E-state index is 0.0357. The van der Waals surface area contributed by atoms with Crippen molar-refractivity contribution in [2.24, 2.45) is 11.7 Å². The van der Waals surface area contributed by atoms with Gasteiger partial charge in [-0.3, -0.25) is 4.79 Å². The van der Waals surface area contributed by atoms with Crippen molar-refractivity contribution in [2.75, 3.05) is 24.5 Å². The number of aryl methyl sites for hydroxylation is 1. The van der Waals surface area contributed by atoms with Gasteiger partial charge in [0.25, 0.3) is 0 Å². The zero-order valence-electron chi connectivity index (χ0n) is 12.6. The van der Waals surface area contributed by atoms with E-state index in [4.69, 9.17) is 18.0 Å². The number of rotatable bonds is 4. The summed E-state index contributed by atoms with van der Waals surface area (Å²) in [5, 5.41) is 2.89. The molecule has 0 spiro atoms. The Morgan fingerprint density at radius 2 is 2.14 bits per heavy atom. The smallest absolute Gasteiger partial charge is 0.216 e. The fourth-order valence-corrected chi connectivity index (χ4v) is 2.77. The summed E-state index contributed by atoms with van der Waals surface area (Å²) in [6.07, 6.45) is 2.07. The molecule has 0 atom stereocenters. The van der Waals surface area contributed by atoms with Gasteiger partial charge in [0.2, 0.25) is 5.91 Å². The monoisotopic (exact) mass is 306 g/mol. The van der Waals surface area contributed by atoms with E-state index >= 15 is 0 Å². The van der Waals surface area contributed by atoms with Crippen molar-refractivity contribution in [1.82, 2.24) is 10.3 Å². The van der Waals surface area contributed by atoms with Crippen LogP contribution >= 0.6 is 12.2 Å². The maximum absolute atomic E-state index is 11.0. The Balaban J connectivity index is 2.03. The molecule has 1 aliphatic heterocycles. The van der Waals surface area contributed by atoms with Crippen molar-refractivity contribution in [1.29, 1.82) is 0 Å². The highest BCUT2D eigenvalue weighted by Gasteiger charge is 2.22. The van der Waals surface area contributed by atoms with Crippen LogP contribution in [0.5, 0.6) is 0 Å². The van der Waals surface area contributed by atoms with Gasteiger partial charge >= 0.3 is 0 Å². The van der Waals surface area contributed by atoms with E-state index in [9.17, 15) is 4.79 Å². The molecule has 1 aromatic rings. The lowest BCUT2D eigenvalue weighted by atomic mass is 9.96. The maximum Gasteiger partial charge on any atom is 0.216 e. The molecule has 1 aliphatic rings. The van der Waals surface area contributed by atoms with Crippen molar-refractivity contribution >= 4 is 28.9 Å². The number of anilines is 1. The van der Waals surface area contributed by atoms with E-state index in [1.165, 1.54) is 0 Å². The van der Waals surface area contributed by atoms with Gasteiger partial charge in [0, 0.05) is 32.3 Å². The van der Waals surface area contributed by atoms with Crippen molar-refractivity contribution in [3.8, 4) is 0 Å². The van der Waals surface area contributed by atoms with Gasteiger partial charge in [0.05, 0.1) is 5.56 Å². The maximum atomic E-state index is 11.0. The van der Waals surface area contributed by atoms with Crippen molar-refractivity contribution in [3.63, 3.8) is 0 Å². The Morgan fingerprint density at radius 1 is 1.48 bits per heavy atom. The summed E-state index contributed by atoms with van der Waals surface area (Å²) in [5.74, 6) is 1.46. The first-order valence-electron chi connectivity index (χ1n) is 7.24. The van der Waals surface area contributed by atoms with E-state index in [2.05, 4.69) is 15.2 Å². The van der Waals surface area contributed by atoms with Crippen LogP contribution in [-0.2, 0) is 4.79 Å². The van der Waals surface area contributed by atoms with Crippen molar-refractivity contribution in [3.05, 3.63) is 23.4 Å². The van der Waals surface area contributed by atoms with E-state index in [0.29, 0.717) is 10.9 Å². The number of hydrogen-bond donors (Lipinski definition) is 2. The summed E-state index contributed by atoms with van der Waals surface area (Å²) in [5.41, 5.74) is 7.60. The van der Waals surface area contributed by atoms with Crippen LogP contribution in [-0.4, -0.2) is 35.5 Å². The molecule has 0 saturated carbocycles. The van der Waals surface area contributed by atoms with Crippen LogP contribution in [0.15, 0.2) is 12.1 Å². The molecular weight excluding hydrogens is 284 g/mol. The van der Waals surface area contributed by atoms with Crippen molar-refractivity contribution in [2.45, 2.75) is 26.7 Å². The van der Waals surface area contributed by atoms with Gasteiger partial charge in [0.15, 0.2) is 0 Å². The van der Waals surface area contributed by atoms with Crippen LogP contribution in [0.1, 0.15) is 31.0 Å². The number of carbonyl (C=O) groups excluding carboxylic acids is 1. The summed E-state index contributed by atoms with van der Waals surface area (Å²) in [6, 6.07) is 3.88. The molecule has 5 nitrogen and oxygen atoms in total. The first kappa shape index (κ1) is 15.7. The first-order valence-corrected chi connectivity index (χ1v) is 7.65. The molecule has 0 unspecified atom stereocenters. The van der Waals surface area contributed by atoms with Crippen LogP contribution in [0.2, 0.25) is 0 Å². The number of carbonyl (C=O) groups is 1. The fraction of sp³-hybridized carbons (Fsp3) is 0.533. The molecule has 1 fully saturated rings. The number of nitrogens with one attached hydrogen (secondary N) is 1. The zero-order chi connectivity index (χ0) is 15.4. The highest BCUT2D eigenvalue weighted by Crippen LogP contribution is 2.25. The molecule has 1 amide bonds. The van der Waals surface area contributed by atoms with Gasteiger partial charge in [-0.1, -0.05) is 12.2 Å². The van der Waals surface area contributed by atoms with Crippen LogP contribution in [0.4, 0.5) is 5.82 Å². The lowest BCUT2D eigenvalue weighted by molar-refractivity contribution is -0.119. The molecule has 0 radical (unpaired) electrons. The number of thiocarbonyl (C=S) groups is 1. The number of nitrogens with zero attached hydrogens (tertiary/aromatic N) is 2. The van der Waals surface area contributed by atoms with Crippen molar-refractivity contribution < 1.29 is 4.79 Å². The molecular formula is C15H22N4OS. The topological polar surface area (TPSA) is 71.2 Å². The number of aromatic nitrogens is 1. The highest BCUT2D eigenvalue weighted by atomic mass is 32.1. The van der Waals surface area contributed by atoms with Gasteiger partial charge in [-0.2, -0.15) is 0 Å². The molecule has 1 saturated heterocycles. The quantitative estimate of drug-likeness (QED) is 0.822. The Kier molecular flexibility index (Phi) is 5.12. The number of hydrogen-bond acceptors (Lipinski definition) is 4. The molecule has 0 aliphatic carbocycles. The first-order chi connectivity index (χ1) is 9.97. The average Bonchev–Trinajstić information content (AvgIpc) is 2.45. The Labute approximate surface area is 130 Å². The number of amides is 1. The Hall–Kier alpha value is -1.69. The molecule has 0 bridgehead atoms. The summed E-state index contributed by atoms with van der Waals surface area (Å²) < 4.78 is 0. The third-order valence-electron chi connectivity index (χ3n) is 3.83. The third kappa shape index (κ3) is 4.14.